The third-order valence-corrected chi connectivity index (χ3v) is 6.08. The molecule has 3 rings (SSSR count). The van der Waals surface area contributed by atoms with Gasteiger partial charge < -0.3 is 0 Å². The fourth-order valence-electron chi connectivity index (χ4n) is 3.08. The summed E-state index contributed by atoms with van der Waals surface area (Å²) in [5, 5.41) is 0.179. The van der Waals surface area contributed by atoms with Gasteiger partial charge in [0.15, 0.2) is 0 Å². The third kappa shape index (κ3) is 3.72. The van der Waals surface area contributed by atoms with Crippen LogP contribution >= 0.6 is 0 Å². The second-order valence-electron chi connectivity index (χ2n) is 6.60. The first-order chi connectivity index (χ1) is 12.7. The molecule has 8 heteroatoms. The molecular weight excluding hydrogens is 366 g/mol. The van der Waals surface area contributed by atoms with Crippen LogP contribution in [0.3, 0.4) is 0 Å². The minimum absolute atomic E-state index is 0.00865. The van der Waals surface area contributed by atoms with Gasteiger partial charge in [0.25, 0.3) is 5.56 Å². The topological polar surface area (TPSA) is 90.2 Å². The number of aryl methyl sites for hydroxylation is 1. The first kappa shape index (κ1) is 19.1. The quantitative estimate of drug-likeness (QED) is 0.711. The predicted octanol–water partition coefficient (Wildman–Crippen LogP) is 1.15. The number of nitrogens with zero attached hydrogens (tertiary/aromatic N) is 2. The summed E-state index contributed by atoms with van der Waals surface area (Å²) in [7, 11) is -0.903. The highest BCUT2D eigenvalue weighted by Crippen LogP contribution is 2.16. The highest BCUT2D eigenvalue weighted by Gasteiger charge is 2.19. The van der Waals surface area contributed by atoms with Crippen molar-refractivity contribution in [3.63, 3.8) is 0 Å². The lowest BCUT2D eigenvalue weighted by atomic mass is 10.1. The number of sulfonamides is 1. The zero-order chi connectivity index (χ0) is 19.8. The van der Waals surface area contributed by atoms with E-state index in [0.29, 0.717) is 11.9 Å². The summed E-state index contributed by atoms with van der Waals surface area (Å²) in [6.45, 7) is 1.79. The summed E-state index contributed by atoms with van der Waals surface area (Å²) in [4.78, 5) is 24.4. The zero-order valence-electron chi connectivity index (χ0n) is 15.3. The van der Waals surface area contributed by atoms with Crippen LogP contribution in [0.25, 0.3) is 10.9 Å². The Balaban J connectivity index is 1.96. The van der Waals surface area contributed by atoms with Gasteiger partial charge in [0.2, 0.25) is 10.0 Å². The molecule has 0 amide bonds. The second kappa shape index (κ2) is 7.13. The van der Waals surface area contributed by atoms with Crippen LogP contribution in [-0.4, -0.2) is 23.6 Å². The van der Waals surface area contributed by atoms with Crippen LogP contribution in [0.1, 0.15) is 12.5 Å². The van der Waals surface area contributed by atoms with E-state index >= 15 is 0 Å². The van der Waals surface area contributed by atoms with E-state index < -0.39 is 21.3 Å². The fourth-order valence-corrected chi connectivity index (χ4v) is 4.35. The summed E-state index contributed by atoms with van der Waals surface area (Å²) in [5.41, 5.74) is 0.426. The highest BCUT2D eigenvalue weighted by molar-refractivity contribution is 7.89. The van der Waals surface area contributed by atoms with E-state index in [9.17, 15) is 18.0 Å². The fraction of sp³-hybridized carbons (Fsp3) is 0.263. The van der Waals surface area contributed by atoms with E-state index in [1.165, 1.54) is 29.8 Å². The smallest absolute Gasteiger partial charge is 0.296 e. The van der Waals surface area contributed by atoms with Crippen molar-refractivity contribution in [3.8, 4) is 0 Å². The summed E-state index contributed by atoms with van der Waals surface area (Å²) < 4.78 is 30.4. The van der Waals surface area contributed by atoms with Gasteiger partial charge in [-0.2, -0.15) is 0 Å². The third-order valence-electron chi connectivity index (χ3n) is 4.49. The van der Waals surface area contributed by atoms with Crippen LogP contribution in [0, 0.1) is 0 Å². The number of aromatic nitrogens is 2. The molecule has 7 nitrogen and oxygen atoms in total. The molecule has 1 atom stereocenters. The molecular formula is C19H21N3O4S. The number of nitrogens with one attached hydrogen (secondary N) is 1. The molecule has 0 bridgehead atoms. The Hall–Kier alpha value is -2.71. The van der Waals surface area contributed by atoms with Crippen LogP contribution in [0.15, 0.2) is 63.0 Å². The average Bonchev–Trinajstić information content (AvgIpc) is 2.64. The van der Waals surface area contributed by atoms with Crippen LogP contribution in [0.5, 0.6) is 0 Å². The Labute approximate surface area is 156 Å². The average molecular weight is 387 g/mol. The van der Waals surface area contributed by atoms with Gasteiger partial charge in [-0.3, -0.25) is 13.9 Å². The van der Waals surface area contributed by atoms with Crippen molar-refractivity contribution in [2.45, 2.75) is 24.3 Å². The van der Waals surface area contributed by atoms with E-state index in [1.807, 2.05) is 30.3 Å². The van der Waals surface area contributed by atoms with Crippen molar-refractivity contribution in [3.05, 3.63) is 74.9 Å². The summed E-state index contributed by atoms with van der Waals surface area (Å²) in [6.07, 6.45) is 0.546. The van der Waals surface area contributed by atoms with Crippen molar-refractivity contribution in [1.29, 1.82) is 0 Å². The molecule has 1 aromatic heterocycles. The molecule has 0 aliphatic heterocycles. The zero-order valence-corrected chi connectivity index (χ0v) is 16.2. The lowest BCUT2D eigenvalue weighted by molar-refractivity contribution is 0.560. The van der Waals surface area contributed by atoms with E-state index in [4.69, 9.17) is 0 Å². The summed E-state index contributed by atoms with van der Waals surface area (Å²) in [6, 6.07) is 13.5. The molecule has 2 aromatic carbocycles. The normalized spacial score (nSPS) is 13.0. The van der Waals surface area contributed by atoms with Gasteiger partial charge in [0, 0.05) is 20.1 Å². The van der Waals surface area contributed by atoms with Crippen LogP contribution < -0.4 is 16.0 Å². The van der Waals surface area contributed by atoms with E-state index in [-0.39, 0.29) is 16.3 Å². The molecule has 1 heterocycles. The molecule has 1 unspecified atom stereocenters. The predicted molar refractivity (Wildman–Crippen MR) is 104 cm³/mol. The molecule has 0 aliphatic rings. The standard InChI is InChI=1S/C19H21N3O4S/c1-13(11-14-7-5-4-6-8-14)20-27(25,26)15-9-10-17-16(12-15)18(23)22(3)19(24)21(17)2/h4-10,12-13,20H,11H2,1-3H3. The maximum Gasteiger partial charge on any atom is 0.330 e. The molecule has 0 saturated heterocycles. The number of benzene rings is 2. The lowest BCUT2D eigenvalue weighted by Crippen LogP contribution is -2.37. The highest BCUT2D eigenvalue weighted by atomic mass is 32.2. The van der Waals surface area contributed by atoms with Crippen LogP contribution in [0.4, 0.5) is 0 Å². The van der Waals surface area contributed by atoms with Crippen molar-refractivity contribution in [2.24, 2.45) is 14.1 Å². The van der Waals surface area contributed by atoms with Crippen molar-refractivity contribution >= 4 is 20.9 Å². The Kier molecular flexibility index (Phi) is 5.03. The monoisotopic (exact) mass is 387 g/mol. The largest absolute Gasteiger partial charge is 0.330 e. The number of hydrogen-bond donors (Lipinski definition) is 1. The van der Waals surface area contributed by atoms with E-state index in [1.54, 1.807) is 14.0 Å². The van der Waals surface area contributed by atoms with E-state index in [0.717, 1.165) is 10.1 Å². The molecule has 0 spiro atoms. The summed E-state index contributed by atoms with van der Waals surface area (Å²) >= 11 is 0. The van der Waals surface area contributed by atoms with Crippen molar-refractivity contribution in [1.82, 2.24) is 13.9 Å². The Morgan fingerprint density at radius 2 is 1.67 bits per heavy atom. The number of fused-ring (bicyclic) bond motifs is 1. The summed E-state index contributed by atoms with van der Waals surface area (Å²) in [5.74, 6) is 0. The molecule has 1 N–H and O–H groups in total. The van der Waals surface area contributed by atoms with Crippen molar-refractivity contribution < 1.29 is 8.42 Å². The Bertz CT molecular complexity index is 1210. The maximum absolute atomic E-state index is 12.7. The molecule has 27 heavy (non-hydrogen) atoms. The minimum Gasteiger partial charge on any atom is -0.296 e. The number of hydrogen-bond acceptors (Lipinski definition) is 4. The van der Waals surface area contributed by atoms with Crippen molar-refractivity contribution in [2.75, 3.05) is 0 Å². The SMILES string of the molecule is CC(Cc1ccccc1)NS(=O)(=O)c1ccc2c(c1)c(=O)n(C)c(=O)n2C. The van der Waals surface area contributed by atoms with Gasteiger partial charge in [0.05, 0.1) is 15.8 Å². The van der Waals surface area contributed by atoms with Gasteiger partial charge in [-0.15, -0.1) is 0 Å². The molecule has 3 aromatic rings. The minimum atomic E-state index is -3.81. The second-order valence-corrected chi connectivity index (χ2v) is 8.31. The Morgan fingerprint density at radius 3 is 2.33 bits per heavy atom. The first-order valence-electron chi connectivity index (χ1n) is 8.47. The number of rotatable bonds is 5. The van der Waals surface area contributed by atoms with Gasteiger partial charge >= 0.3 is 5.69 Å². The maximum atomic E-state index is 12.7. The molecule has 0 saturated carbocycles. The van der Waals surface area contributed by atoms with Crippen LogP contribution in [0.2, 0.25) is 0 Å². The van der Waals surface area contributed by atoms with Gasteiger partial charge in [0.1, 0.15) is 0 Å². The Morgan fingerprint density at radius 1 is 1.00 bits per heavy atom. The van der Waals surface area contributed by atoms with Gasteiger partial charge in [-0.1, -0.05) is 30.3 Å². The molecule has 142 valence electrons. The lowest BCUT2D eigenvalue weighted by Gasteiger charge is -2.15. The van der Waals surface area contributed by atoms with Gasteiger partial charge in [-0.25, -0.2) is 17.9 Å². The molecule has 0 aliphatic carbocycles. The first-order valence-corrected chi connectivity index (χ1v) is 9.95. The van der Waals surface area contributed by atoms with E-state index in [2.05, 4.69) is 4.72 Å². The molecule has 0 fully saturated rings. The van der Waals surface area contributed by atoms with Gasteiger partial charge in [-0.05, 0) is 37.1 Å². The molecule has 0 radical (unpaired) electrons. The van der Waals surface area contributed by atoms with Crippen LogP contribution in [-0.2, 0) is 30.5 Å².